The quantitative estimate of drug-likeness (QED) is 0.700. The summed E-state index contributed by atoms with van der Waals surface area (Å²) in [5, 5.41) is 0.201. The van der Waals surface area contributed by atoms with Crippen LogP contribution in [0.2, 0.25) is 0 Å². The van der Waals surface area contributed by atoms with Gasteiger partial charge in [-0.25, -0.2) is 0 Å². The average Bonchev–Trinajstić information content (AvgIpc) is 2.38. The summed E-state index contributed by atoms with van der Waals surface area (Å²) in [6.07, 6.45) is 6.13. The van der Waals surface area contributed by atoms with E-state index >= 15 is 0 Å². The highest BCUT2D eigenvalue weighted by Crippen LogP contribution is 2.44. The van der Waals surface area contributed by atoms with Gasteiger partial charge in [-0.3, -0.25) is 0 Å². The highest BCUT2D eigenvalue weighted by Gasteiger charge is 2.36. The van der Waals surface area contributed by atoms with Crippen molar-refractivity contribution in [3.05, 3.63) is 29.8 Å². The summed E-state index contributed by atoms with van der Waals surface area (Å²) in [6, 6.07) is 8.22. The lowest BCUT2D eigenvalue weighted by Crippen LogP contribution is -2.35. The molecule has 0 saturated heterocycles. The SMILES string of the molecule is COc1ccccc1CC(Cl)C1CCCCC1(C)C. The molecule has 2 atom stereocenters. The van der Waals surface area contributed by atoms with Crippen LogP contribution in [-0.4, -0.2) is 12.5 Å². The first-order chi connectivity index (χ1) is 9.04. The average molecular weight is 281 g/mol. The van der Waals surface area contributed by atoms with Gasteiger partial charge in [0.1, 0.15) is 5.75 Å². The molecule has 2 rings (SSSR count). The second-order valence-corrected chi connectivity index (χ2v) is 6.93. The highest BCUT2D eigenvalue weighted by atomic mass is 35.5. The van der Waals surface area contributed by atoms with Crippen molar-refractivity contribution in [1.82, 2.24) is 0 Å². The predicted molar refractivity (Wildman–Crippen MR) is 82.1 cm³/mol. The van der Waals surface area contributed by atoms with Crippen LogP contribution in [-0.2, 0) is 6.42 Å². The molecule has 1 fully saturated rings. The van der Waals surface area contributed by atoms with Crippen LogP contribution in [0.3, 0.4) is 0 Å². The predicted octanol–water partition coefficient (Wildman–Crippen LogP) is 5.06. The molecule has 106 valence electrons. The fourth-order valence-electron chi connectivity index (χ4n) is 3.42. The molecular formula is C17H25ClO. The maximum absolute atomic E-state index is 6.75. The topological polar surface area (TPSA) is 9.23 Å². The Morgan fingerprint density at radius 1 is 1.32 bits per heavy atom. The first kappa shape index (κ1) is 14.7. The monoisotopic (exact) mass is 280 g/mol. The zero-order valence-corrected chi connectivity index (χ0v) is 13.0. The van der Waals surface area contributed by atoms with E-state index in [1.54, 1.807) is 7.11 Å². The molecule has 0 aliphatic heterocycles. The lowest BCUT2D eigenvalue weighted by Gasteiger charge is -2.41. The van der Waals surface area contributed by atoms with Gasteiger partial charge in [0.2, 0.25) is 0 Å². The molecule has 1 aliphatic rings. The van der Waals surface area contributed by atoms with Crippen molar-refractivity contribution in [2.45, 2.75) is 51.3 Å². The van der Waals surface area contributed by atoms with Crippen LogP contribution < -0.4 is 4.74 Å². The van der Waals surface area contributed by atoms with Crippen molar-refractivity contribution in [3.63, 3.8) is 0 Å². The fourth-order valence-corrected chi connectivity index (χ4v) is 4.05. The minimum absolute atomic E-state index is 0.201. The van der Waals surface area contributed by atoms with Crippen molar-refractivity contribution in [3.8, 4) is 5.75 Å². The minimum Gasteiger partial charge on any atom is -0.496 e. The molecule has 0 spiro atoms. The fraction of sp³-hybridized carbons (Fsp3) is 0.647. The van der Waals surface area contributed by atoms with Gasteiger partial charge in [-0.15, -0.1) is 11.6 Å². The van der Waals surface area contributed by atoms with Gasteiger partial charge in [-0.05, 0) is 42.2 Å². The zero-order chi connectivity index (χ0) is 13.9. The first-order valence-electron chi connectivity index (χ1n) is 7.30. The Morgan fingerprint density at radius 3 is 2.74 bits per heavy atom. The Balaban J connectivity index is 2.09. The summed E-state index contributed by atoms with van der Waals surface area (Å²) in [5.74, 6) is 1.56. The number of halogens is 1. The maximum atomic E-state index is 6.75. The molecule has 0 aromatic heterocycles. The van der Waals surface area contributed by atoms with Crippen LogP contribution >= 0.6 is 11.6 Å². The summed E-state index contributed by atoms with van der Waals surface area (Å²) in [4.78, 5) is 0. The number of ether oxygens (including phenoxy) is 1. The van der Waals surface area contributed by atoms with E-state index in [4.69, 9.17) is 16.3 Å². The third-order valence-corrected chi connectivity index (χ3v) is 5.09. The van der Waals surface area contributed by atoms with E-state index in [2.05, 4.69) is 26.0 Å². The second-order valence-electron chi connectivity index (χ2n) is 6.37. The van der Waals surface area contributed by atoms with E-state index in [1.807, 2.05) is 12.1 Å². The molecule has 2 heteroatoms. The Hall–Kier alpha value is -0.690. The van der Waals surface area contributed by atoms with Crippen molar-refractivity contribution in [2.75, 3.05) is 7.11 Å². The van der Waals surface area contributed by atoms with Gasteiger partial charge in [-0.2, -0.15) is 0 Å². The first-order valence-corrected chi connectivity index (χ1v) is 7.74. The number of alkyl halides is 1. The number of methoxy groups -OCH3 is 1. The van der Waals surface area contributed by atoms with Gasteiger partial charge < -0.3 is 4.74 Å². The van der Waals surface area contributed by atoms with Crippen molar-refractivity contribution in [1.29, 1.82) is 0 Å². The van der Waals surface area contributed by atoms with Gasteiger partial charge in [-0.1, -0.05) is 44.9 Å². The Kier molecular flexibility index (Phi) is 4.78. The molecule has 0 radical (unpaired) electrons. The van der Waals surface area contributed by atoms with Crippen LogP contribution in [0, 0.1) is 11.3 Å². The molecule has 1 aliphatic carbocycles. The molecule has 1 nitrogen and oxygen atoms in total. The van der Waals surface area contributed by atoms with Crippen molar-refractivity contribution < 1.29 is 4.74 Å². The van der Waals surface area contributed by atoms with Gasteiger partial charge in [0.05, 0.1) is 7.11 Å². The standard InChI is InChI=1S/C17H25ClO/c1-17(2)11-7-6-9-14(17)15(18)12-13-8-4-5-10-16(13)19-3/h4-5,8,10,14-15H,6-7,9,11-12H2,1-3H3. The molecule has 0 amide bonds. The van der Waals surface area contributed by atoms with Crippen LogP contribution in [0.25, 0.3) is 0 Å². The van der Waals surface area contributed by atoms with Crippen molar-refractivity contribution in [2.24, 2.45) is 11.3 Å². The molecule has 0 N–H and O–H groups in total. The van der Waals surface area contributed by atoms with E-state index in [9.17, 15) is 0 Å². The zero-order valence-electron chi connectivity index (χ0n) is 12.3. The molecule has 2 unspecified atom stereocenters. The summed E-state index contributed by atoms with van der Waals surface area (Å²) in [6.45, 7) is 4.74. The summed E-state index contributed by atoms with van der Waals surface area (Å²) in [7, 11) is 1.73. The third-order valence-electron chi connectivity index (χ3n) is 4.63. The van der Waals surface area contributed by atoms with Crippen LogP contribution in [0.5, 0.6) is 5.75 Å². The number of hydrogen-bond donors (Lipinski definition) is 0. The third kappa shape index (κ3) is 3.45. The van der Waals surface area contributed by atoms with Crippen molar-refractivity contribution >= 4 is 11.6 Å². The normalized spacial score (nSPS) is 23.9. The Labute approximate surface area is 122 Å². The molecule has 0 bridgehead atoms. The Bertz CT molecular complexity index is 413. The van der Waals surface area contributed by atoms with E-state index in [0.29, 0.717) is 11.3 Å². The van der Waals surface area contributed by atoms with Gasteiger partial charge in [0, 0.05) is 5.38 Å². The summed E-state index contributed by atoms with van der Waals surface area (Å²) in [5.41, 5.74) is 1.60. The molecule has 0 heterocycles. The van der Waals surface area contributed by atoms with Crippen LogP contribution in [0.4, 0.5) is 0 Å². The van der Waals surface area contributed by atoms with Crippen LogP contribution in [0.1, 0.15) is 45.1 Å². The van der Waals surface area contributed by atoms with Gasteiger partial charge in [0.25, 0.3) is 0 Å². The van der Waals surface area contributed by atoms with E-state index in [0.717, 1.165) is 12.2 Å². The lowest BCUT2D eigenvalue weighted by molar-refractivity contribution is 0.132. The van der Waals surface area contributed by atoms with Crippen LogP contribution in [0.15, 0.2) is 24.3 Å². The number of para-hydroxylation sites is 1. The molecule has 1 saturated carbocycles. The molecule has 1 aromatic rings. The summed E-state index contributed by atoms with van der Waals surface area (Å²) < 4.78 is 5.43. The highest BCUT2D eigenvalue weighted by molar-refractivity contribution is 6.21. The molecule has 1 aromatic carbocycles. The van der Waals surface area contributed by atoms with Gasteiger partial charge >= 0.3 is 0 Å². The van der Waals surface area contributed by atoms with Gasteiger partial charge in [0.15, 0.2) is 0 Å². The number of hydrogen-bond acceptors (Lipinski definition) is 1. The minimum atomic E-state index is 0.201. The molecular weight excluding hydrogens is 256 g/mol. The molecule has 19 heavy (non-hydrogen) atoms. The second kappa shape index (κ2) is 6.17. The maximum Gasteiger partial charge on any atom is 0.122 e. The van der Waals surface area contributed by atoms with E-state index < -0.39 is 0 Å². The Morgan fingerprint density at radius 2 is 2.05 bits per heavy atom. The number of benzene rings is 1. The number of rotatable bonds is 4. The summed E-state index contributed by atoms with van der Waals surface area (Å²) >= 11 is 6.75. The smallest absolute Gasteiger partial charge is 0.122 e. The van der Waals surface area contributed by atoms with E-state index in [-0.39, 0.29) is 5.38 Å². The lowest BCUT2D eigenvalue weighted by atomic mass is 9.67. The van der Waals surface area contributed by atoms with E-state index in [1.165, 1.54) is 31.2 Å². The largest absolute Gasteiger partial charge is 0.496 e.